The van der Waals surface area contributed by atoms with E-state index in [1.54, 1.807) is 0 Å². The smallest absolute Gasteiger partial charge is 0.285 e. The zero-order chi connectivity index (χ0) is 20.5. The standard InChI is InChI=1S/C23H18N4OS2.ClH/c24-12-17-16-10-11-27(13-15-6-2-1-3-7-15)14-20(16)30-22(17)26-21(28)23-25-18-8-4-5-9-19(18)29-23;/h1-9H,10-11,13-14H2,(H,26,28);1H. The highest BCUT2D eigenvalue weighted by molar-refractivity contribution is 7.20. The summed E-state index contributed by atoms with van der Waals surface area (Å²) in [6.45, 7) is 2.58. The van der Waals surface area contributed by atoms with Gasteiger partial charge in [0, 0.05) is 24.5 Å². The van der Waals surface area contributed by atoms with E-state index < -0.39 is 0 Å². The van der Waals surface area contributed by atoms with E-state index >= 15 is 0 Å². The molecule has 5 nitrogen and oxygen atoms in total. The van der Waals surface area contributed by atoms with E-state index in [2.05, 4.69) is 45.5 Å². The minimum Gasteiger partial charge on any atom is -0.310 e. The summed E-state index contributed by atoms with van der Waals surface area (Å²) in [6, 6.07) is 20.4. The second-order valence-corrected chi connectivity index (χ2v) is 9.34. The third kappa shape index (κ3) is 4.34. The molecular weight excluding hydrogens is 448 g/mol. The van der Waals surface area contributed by atoms with E-state index in [4.69, 9.17) is 0 Å². The van der Waals surface area contributed by atoms with E-state index in [1.165, 1.54) is 28.2 Å². The maximum absolute atomic E-state index is 12.8. The van der Waals surface area contributed by atoms with Crippen LogP contribution in [0.3, 0.4) is 0 Å². The molecule has 1 N–H and O–H groups in total. The first-order valence-corrected chi connectivity index (χ1v) is 11.3. The van der Waals surface area contributed by atoms with Crippen molar-refractivity contribution in [2.24, 2.45) is 0 Å². The largest absolute Gasteiger partial charge is 0.310 e. The molecule has 1 aliphatic rings. The van der Waals surface area contributed by atoms with Crippen molar-refractivity contribution in [1.82, 2.24) is 9.88 Å². The van der Waals surface area contributed by atoms with Crippen LogP contribution in [0.4, 0.5) is 5.00 Å². The second-order valence-electron chi connectivity index (χ2n) is 7.21. The van der Waals surface area contributed by atoms with Crippen molar-refractivity contribution in [1.29, 1.82) is 5.26 Å². The Morgan fingerprint density at radius 1 is 1.13 bits per heavy atom. The molecule has 1 aliphatic heterocycles. The van der Waals surface area contributed by atoms with Crippen molar-refractivity contribution in [3.63, 3.8) is 0 Å². The number of rotatable bonds is 4. The number of thiazole rings is 1. The van der Waals surface area contributed by atoms with Crippen molar-refractivity contribution < 1.29 is 4.79 Å². The number of halogens is 1. The Bertz CT molecular complexity index is 1240. The van der Waals surface area contributed by atoms with Gasteiger partial charge in [-0.05, 0) is 29.7 Å². The number of nitriles is 1. The van der Waals surface area contributed by atoms with E-state index in [-0.39, 0.29) is 18.3 Å². The van der Waals surface area contributed by atoms with Gasteiger partial charge in [-0.1, -0.05) is 42.5 Å². The van der Waals surface area contributed by atoms with Crippen LogP contribution in [-0.4, -0.2) is 22.3 Å². The fourth-order valence-corrected chi connectivity index (χ4v) is 5.86. The van der Waals surface area contributed by atoms with Crippen molar-refractivity contribution in [2.45, 2.75) is 19.5 Å². The monoisotopic (exact) mass is 466 g/mol. The zero-order valence-corrected chi connectivity index (χ0v) is 18.9. The molecule has 0 aliphatic carbocycles. The molecular formula is C23H19ClN4OS2. The number of para-hydroxylation sites is 1. The highest BCUT2D eigenvalue weighted by Gasteiger charge is 2.26. The number of hydrogen-bond donors (Lipinski definition) is 1. The molecule has 2 aromatic heterocycles. The predicted octanol–water partition coefficient (Wildman–Crippen LogP) is 5.46. The van der Waals surface area contributed by atoms with Gasteiger partial charge in [-0.2, -0.15) is 5.26 Å². The van der Waals surface area contributed by atoms with Gasteiger partial charge in [0.1, 0.15) is 11.1 Å². The van der Waals surface area contributed by atoms with Gasteiger partial charge in [-0.3, -0.25) is 9.69 Å². The van der Waals surface area contributed by atoms with Crippen LogP contribution >= 0.6 is 35.1 Å². The van der Waals surface area contributed by atoms with Gasteiger partial charge in [0.2, 0.25) is 0 Å². The molecule has 0 bridgehead atoms. The van der Waals surface area contributed by atoms with E-state index in [0.29, 0.717) is 15.6 Å². The van der Waals surface area contributed by atoms with Gasteiger partial charge in [0.15, 0.2) is 5.01 Å². The Labute approximate surface area is 194 Å². The molecule has 5 rings (SSSR count). The number of aromatic nitrogens is 1. The summed E-state index contributed by atoms with van der Waals surface area (Å²) in [4.78, 5) is 20.8. The van der Waals surface area contributed by atoms with E-state index in [1.807, 2.05) is 30.3 Å². The average Bonchev–Trinajstić information content (AvgIpc) is 3.35. The van der Waals surface area contributed by atoms with Gasteiger partial charge < -0.3 is 5.32 Å². The molecule has 0 radical (unpaired) electrons. The first-order chi connectivity index (χ1) is 14.7. The highest BCUT2D eigenvalue weighted by atomic mass is 35.5. The molecule has 8 heteroatoms. The zero-order valence-electron chi connectivity index (χ0n) is 16.5. The normalized spacial score (nSPS) is 13.3. The Morgan fingerprint density at radius 3 is 2.68 bits per heavy atom. The maximum Gasteiger partial charge on any atom is 0.285 e. The molecule has 0 unspecified atom stereocenters. The molecule has 0 saturated carbocycles. The van der Waals surface area contributed by atoms with Crippen LogP contribution < -0.4 is 5.32 Å². The Hall–Kier alpha value is -2.76. The number of amides is 1. The predicted molar refractivity (Wildman–Crippen MR) is 128 cm³/mol. The van der Waals surface area contributed by atoms with Crippen molar-refractivity contribution >= 4 is 56.2 Å². The molecule has 3 heterocycles. The topological polar surface area (TPSA) is 69.0 Å². The Morgan fingerprint density at radius 2 is 1.90 bits per heavy atom. The average molecular weight is 467 g/mol. The van der Waals surface area contributed by atoms with Gasteiger partial charge in [-0.15, -0.1) is 35.1 Å². The lowest BCUT2D eigenvalue weighted by Crippen LogP contribution is -2.29. The number of hydrogen-bond acceptors (Lipinski definition) is 6. The third-order valence-electron chi connectivity index (χ3n) is 5.21. The lowest BCUT2D eigenvalue weighted by atomic mass is 10.0. The summed E-state index contributed by atoms with van der Waals surface area (Å²) in [6.07, 6.45) is 0.818. The molecule has 0 fully saturated rings. The van der Waals surface area contributed by atoms with Gasteiger partial charge >= 0.3 is 0 Å². The van der Waals surface area contributed by atoms with Gasteiger partial charge in [0.25, 0.3) is 5.91 Å². The lowest BCUT2D eigenvalue weighted by molar-refractivity contribution is 0.102. The minimum atomic E-state index is -0.257. The van der Waals surface area contributed by atoms with Crippen molar-refractivity contribution in [3.8, 4) is 6.07 Å². The SMILES string of the molecule is Cl.N#Cc1c(NC(=O)c2nc3ccccc3s2)sc2c1CCN(Cc1ccccc1)C2. The van der Waals surface area contributed by atoms with E-state index in [9.17, 15) is 10.1 Å². The molecule has 1 amide bonds. The molecule has 4 aromatic rings. The highest BCUT2D eigenvalue weighted by Crippen LogP contribution is 2.37. The number of nitrogens with one attached hydrogen (secondary N) is 1. The van der Waals surface area contributed by atoms with Crippen LogP contribution in [0.1, 0.15) is 31.4 Å². The molecule has 0 spiro atoms. The van der Waals surface area contributed by atoms with Crippen LogP contribution in [0.15, 0.2) is 54.6 Å². The Balaban J connectivity index is 0.00000231. The molecule has 31 heavy (non-hydrogen) atoms. The summed E-state index contributed by atoms with van der Waals surface area (Å²) in [5, 5.41) is 13.7. The molecule has 2 aromatic carbocycles. The molecule has 0 atom stereocenters. The first kappa shape index (κ1) is 21.5. The number of nitrogens with zero attached hydrogens (tertiary/aromatic N) is 3. The first-order valence-electron chi connectivity index (χ1n) is 9.69. The number of thiophene rings is 1. The quantitative estimate of drug-likeness (QED) is 0.433. The number of carbonyl (C=O) groups excluding carboxylic acids is 1. The lowest BCUT2D eigenvalue weighted by Gasteiger charge is -2.26. The Kier molecular flexibility index (Phi) is 6.35. The fourth-order valence-electron chi connectivity index (χ4n) is 3.77. The number of benzene rings is 2. The van der Waals surface area contributed by atoms with Crippen molar-refractivity contribution in [3.05, 3.63) is 81.2 Å². The van der Waals surface area contributed by atoms with Crippen molar-refractivity contribution in [2.75, 3.05) is 11.9 Å². The summed E-state index contributed by atoms with van der Waals surface area (Å²) in [7, 11) is 0. The van der Waals surface area contributed by atoms with E-state index in [0.717, 1.165) is 46.7 Å². The van der Waals surface area contributed by atoms with Gasteiger partial charge in [-0.25, -0.2) is 4.98 Å². The minimum absolute atomic E-state index is 0. The molecule has 156 valence electrons. The van der Waals surface area contributed by atoms with Crippen LogP contribution in [-0.2, 0) is 19.5 Å². The molecule has 0 saturated heterocycles. The summed E-state index contributed by atoms with van der Waals surface area (Å²) in [5.41, 5.74) is 3.77. The fraction of sp³-hybridized carbons (Fsp3) is 0.174. The van der Waals surface area contributed by atoms with Crippen LogP contribution in [0.5, 0.6) is 0 Å². The summed E-state index contributed by atoms with van der Waals surface area (Å²) < 4.78 is 0.977. The van der Waals surface area contributed by atoms with Crippen LogP contribution in [0, 0.1) is 11.3 Å². The second kappa shape index (κ2) is 9.16. The third-order valence-corrected chi connectivity index (χ3v) is 7.38. The van der Waals surface area contributed by atoms with Gasteiger partial charge in [0.05, 0.1) is 15.8 Å². The number of carbonyl (C=O) groups is 1. The maximum atomic E-state index is 12.8. The number of fused-ring (bicyclic) bond motifs is 2. The van der Waals surface area contributed by atoms with Crippen LogP contribution in [0.25, 0.3) is 10.2 Å². The number of anilines is 1. The summed E-state index contributed by atoms with van der Waals surface area (Å²) >= 11 is 2.88. The van der Waals surface area contributed by atoms with Crippen LogP contribution in [0.2, 0.25) is 0 Å². The summed E-state index contributed by atoms with van der Waals surface area (Å²) in [5.74, 6) is -0.257.